The molecule has 4 rings (SSSR count). The Hall–Kier alpha value is -3.89. The van der Waals surface area contributed by atoms with Crippen LogP contribution in [0.4, 0.5) is 28.9 Å². The maximum absolute atomic E-state index is 15.0. The van der Waals surface area contributed by atoms with Crippen LogP contribution in [0.2, 0.25) is 0 Å². The molecule has 2 heterocycles. The molecule has 1 saturated heterocycles. The van der Waals surface area contributed by atoms with E-state index in [-0.39, 0.29) is 46.5 Å². The first-order valence-electron chi connectivity index (χ1n) is 10.4. The maximum Gasteiger partial charge on any atom is 0.417 e. The molecule has 8 nitrogen and oxygen atoms in total. The molecule has 0 radical (unpaired) electrons. The molecule has 0 unspecified atom stereocenters. The third-order valence-electron chi connectivity index (χ3n) is 5.58. The lowest BCUT2D eigenvalue weighted by atomic mass is 10.0. The second-order valence-electron chi connectivity index (χ2n) is 8.23. The molecule has 3 aromatic rings. The van der Waals surface area contributed by atoms with Gasteiger partial charge in [-0.1, -0.05) is 0 Å². The fourth-order valence-corrected chi connectivity index (χ4v) is 4.46. The number of hydrogen-bond acceptors (Lipinski definition) is 7. The lowest BCUT2D eigenvalue weighted by Crippen LogP contribution is -2.44. The Bertz CT molecular complexity index is 1440. The summed E-state index contributed by atoms with van der Waals surface area (Å²) in [6.45, 7) is 2.55. The Morgan fingerprint density at radius 3 is 2.56 bits per heavy atom. The maximum atomic E-state index is 15.0. The van der Waals surface area contributed by atoms with E-state index < -0.39 is 34.6 Å². The van der Waals surface area contributed by atoms with Crippen molar-refractivity contribution in [2.45, 2.75) is 25.6 Å². The largest absolute Gasteiger partial charge is 0.475 e. The molecular weight excluding hydrogens is 502 g/mol. The highest BCUT2D eigenvalue weighted by molar-refractivity contribution is 7.81. The number of amides is 1. The number of benzene rings is 2. The second kappa shape index (κ2) is 8.96. The Labute approximate surface area is 207 Å². The average molecular weight is 519 g/mol. The number of fused-ring (bicyclic) bond motifs is 1. The van der Waals surface area contributed by atoms with Crippen molar-refractivity contribution < 1.29 is 32.2 Å². The molecule has 1 N–H and O–H groups in total. The number of carbonyl (C=O) groups is 1. The monoisotopic (exact) mass is 519 g/mol. The van der Waals surface area contributed by atoms with Crippen LogP contribution in [0.1, 0.15) is 25.0 Å². The van der Waals surface area contributed by atoms with Crippen LogP contribution in [-0.2, 0) is 11.0 Å². The zero-order valence-corrected chi connectivity index (χ0v) is 19.6. The van der Waals surface area contributed by atoms with Crippen LogP contribution < -0.4 is 14.5 Å². The van der Waals surface area contributed by atoms with Gasteiger partial charge in [0.15, 0.2) is 10.9 Å². The van der Waals surface area contributed by atoms with Crippen molar-refractivity contribution >= 4 is 45.5 Å². The predicted octanol–water partition coefficient (Wildman–Crippen LogP) is 3.95. The Morgan fingerprint density at radius 1 is 1.19 bits per heavy atom. The number of alkyl halides is 3. The average Bonchev–Trinajstić information content (AvgIpc) is 3.00. The van der Waals surface area contributed by atoms with Crippen molar-refractivity contribution in [3.05, 3.63) is 53.6 Å². The number of aliphatic hydroxyl groups is 1. The van der Waals surface area contributed by atoms with Gasteiger partial charge in [-0.2, -0.15) is 18.4 Å². The van der Waals surface area contributed by atoms with Crippen LogP contribution in [0, 0.1) is 17.1 Å². The van der Waals surface area contributed by atoms with E-state index in [4.69, 9.17) is 27.3 Å². The number of ether oxygens (including phenoxy) is 1. The van der Waals surface area contributed by atoms with Crippen molar-refractivity contribution in [1.29, 1.82) is 5.26 Å². The fourth-order valence-electron chi connectivity index (χ4n) is 3.93. The highest BCUT2D eigenvalue weighted by Crippen LogP contribution is 2.41. The van der Waals surface area contributed by atoms with Gasteiger partial charge < -0.3 is 14.7 Å². The number of halogens is 4. The Kier molecular flexibility index (Phi) is 6.27. The number of hydrogen-bond donors (Lipinski definition) is 1. The van der Waals surface area contributed by atoms with Gasteiger partial charge in [0, 0.05) is 5.69 Å². The van der Waals surface area contributed by atoms with Gasteiger partial charge in [0.1, 0.15) is 24.0 Å². The van der Waals surface area contributed by atoms with E-state index in [1.54, 1.807) is 0 Å². The van der Waals surface area contributed by atoms with Gasteiger partial charge in [0.2, 0.25) is 5.88 Å². The second-order valence-corrected chi connectivity index (χ2v) is 8.60. The van der Waals surface area contributed by atoms with Gasteiger partial charge in [-0.3, -0.25) is 9.69 Å². The SMILES string of the molecule is CC1(C)C(=O)N(c2ccc(C#N)c(C(F)(F)F)c2)C(=S)N1c1cc(F)c2ncnc(OCCO)c2c1. The third kappa shape index (κ3) is 4.08. The molecule has 1 aliphatic rings. The van der Waals surface area contributed by atoms with Crippen molar-refractivity contribution in [3.63, 3.8) is 0 Å². The van der Waals surface area contributed by atoms with Gasteiger partial charge in [-0.15, -0.1) is 0 Å². The summed E-state index contributed by atoms with van der Waals surface area (Å²) in [6, 6.07) is 6.85. The molecule has 13 heteroatoms. The van der Waals surface area contributed by atoms with Gasteiger partial charge in [-0.05, 0) is 56.4 Å². The number of aromatic nitrogens is 2. The van der Waals surface area contributed by atoms with E-state index >= 15 is 4.39 Å². The molecule has 0 atom stereocenters. The van der Waals surface area contributed by atoms with Crippen molar-refractivity contribution in [2.24, 2.45) is 0 Å². The first-order valence-corrected chi connectivity index (χ1v) is 10.8. The van der Waals surface area contributed by atoms with E-state index in [1.807, 2.05) is 0 Å². The first kappa shape index (κ1) is 25.2. The van der Waals surface area contributed by atoms with E-state index in [0.29, 0.717) is 6.07 Å². The van der Waals surface area contributed by atoms with E-state index in [0.717, 1.165) is 23.4 Å². The zero-order chi connectivity index (χ0) is 26.4. The standard InChI is InChI=1S/C23H17F4N5O3S/c1-22(2)20(34)31(13-4-3-12(10-28)16(8-13)23(25,26)27)21(36)32(22)14-7-15-18(17(24)9-14)29-11-30-19(15)35-6-5-33/h3-4,7-9,11,33H,5-6H2,1-2H3. The van der Waals surface area contributed by atoms with Gasteiger partial charge in [-0.25, -0.2) is 14.4 Å². The lowest BCUT2D eigenvalue weighted by molar-refractivity contribution is -0.137. The Morgan fingerprint density at radius 2 is 1.92 bits per heavy atom. The smallest absolute Gasteiger partial charge is 0.417 e. The summed E-state index contributed by atoms with van der Waals surface area (Å²) in [4.78, 5) is 23.5. The summed E-state index contributed by atoms with van der Waals surface area (Å²) in [5.74, 6) is -1.45. The zero-order valence-electron chi connectivity index (χ0n) is 18.8. The molecule has 186 valence electrons. The minimum Gasteiger partial charge on any atom is -0.475 e. The van der Waals surface area contributed by atoms with Crippen LogP contribution in [0.5, 0.6) is 5.88 Å². The van der Waals surface area contributed by atoms with E-state index in [1.165, 1.54) is 36.9 Å². The number of rotatable bonds is 5. The molecule has 0 saturated carbocycles. The van der Waals surface area contributed by atoms with Crippen molar-refractivity contribution in [1.82, 2.24) is 9.97 Å². The molecule has 36 heavy (non-hydrogen) atoms. The quantitative estimate of drug-likeness (QED) is 0.400. The molecule has 1 aliphatic heterocycles. The van der Waals surface area contributed by atoms with E-state index in [2.05, 4.69) is 9.97 Å². The van der Waals surface area contributed by atoms with Crippen LogP contribution in [0.15, 0.2) is 36.7 Å². The van der Waals surface area contributed by atoms with Crippen LogP contribution in [0.3, 0.4) is 0 Å². The summed E-state index contributed by atoms with van der Waals surface area (Å²) in [5, 5.41) is 18.1. The Balaban J connectivity index is 1.84. The third-order valence-corrected chi connectivity index (χ3v) is 5.95. The van der Waals surface area contributed by atoms with E-state index in [9.17, 15) is 18.0 Å². The van der Waals surface area contributed by atoms with Gasteiger partial charge >= 0.3 is 6.18 Å². The first-order chi connectivity index (χ1) is 16.9. The highest BCUT2D eigenvalue weighted by atomic mass is 32.1. The number of nitriles is 1. The number of carbonyl (C=O) groups excluding carboxylic acids is 1. The normalized spacial score (nSPS) is 15.5. The van der Waals surface area contributed by atoms with Crippen LogP contribution in [0.25, 0.3) is 10.9 Å². The molecule has 1 amide bonds. The highest BCUT2D eigenvalue weighted by Gasteiger charge is 2.51. The molecule has 0 bridgehead atoms. The topological polar surface area (TPSA) is 103 Å². The molecule has 0 aliphatic carbocycles. The van der Waals surface area contributed by atoms with Crippen LogP contribution >= 0.6 is 12.2 Å². The number of aliphatic hydroxyl groups excluding tert-OH is 1. The summed E-state index contributed by atoms with van der Waals surface area (Å²) in [7, 11) is 0. The van der Waals surface area contributed by atoms with Crippen LogP contribution in [-0.4, -0.2) is 44.8 Å². The minimum atomic E-state index is -4.84. The summed E-state index contributed by atoms with van der Waals surface area (Å²) in [5.41, 5.74) is -3.40. The predicted molar refractivity (Wildman–Crippen MR) is 125 cm³/mol. The molecule has 1 fully saturated rings. The number of anilines is 2. The molecule has 0 spiro atoms. The number of nitrogens with zero attached hydrogens (tertiary/aromatic N) is 5. The fraction of sp³-hybridized carbons (Fsp3) is 0.261. The van der Waals surface area contributed by atoms with Gasteiger partial charge in [0.25, 0.3) is 5.91 Å². The molecule has 2 aromatic carbocycles. The van der Waals surface area contributed by atoms with Gasteiger partial charge in [0.05, 0.1) is 34.9 Å². The van der Waals surface area contributed by atoms with Crippen molar-refractivity contribution in [2.75, 3.05) is 23.0 Å². The van der Waals surface area contributed by atoms with Crippen molar-refractivity contribution in [3.8, 4) is 11.9 Å². The number of thiocarbonyl (C=S) groups is 1. The minimum absolute atomic E-state index is 0.0113. The summed E-state index contributed by atoms with van der Waals surface area (Å²) >= 11 is 5.49. The molecular formula is C23H17F4N5O3S. The molecule has 1 aromatic heterocycles. The summed E-state index contributed by atoms with van der Waals surface area (Å²) < 4.78 is 61.0. The summed E-state index contributed by atoms with van der Waals surface area (Å²) in [6.07, 6.45) is -3.75. The lowest BCUT2D eigenvalue weighted by Gasteiger charge is -2.29.